The normalized spacial score (nSPS) is 10.1. The van der Waals surface area contributed by atoms with E-state index in [9.17, 15) is 19.2 Å². The van der Waals surface area contributed by atoms with Gasteiger partial charge < -0.3 is 14.0 Å². The third kappa shape index (κ3) is 3.77. The van der Waals surface area contributed by atoms with E-state index in [1.54, 1.807) is 13.8 Å². The van der Waals surface area contributed by atoms with Crippen molar-refractivity contribution < 1.29 is 28.7 Å². The summed E-state index contributed by atoms with van der Waals surface area (Å²) in [7, 11) is 1.51. The highest BCUT2D eigenvalue weighted by molar-refractivity contribution is 6.19. The van der Waals surface area contributed by atoms with Gasteiger partial charge in [0.15, 0.2) is 5.69 Å². The molecule has 1 aromatic heterocycles. The summed E-state index contributed by atoms with van der Waals surface area (Å²) in [5.74, 6) is -2.73. The molecule has 8 heteroatoms. The van der Waals surface area contributed by atoms with E-state index in [1.807, 2.05) is 0 Å². The fraction of sp³-hybridized carbons (Fsp3) is 0.467. The van der Waals surface area contributed by atoms with Gasteiger partial charge in [-0.15, -0.1) is 0 Å². The van der Waals surface area contributed by atoms with E-state index in [2.05, 4.69) is 0 Å². The predicted molar refractivity (Wildman–Crippen MR) is 81.2 cm³/mol. The van der Waals surface area contributed by atoms with E-state index in [4.69, 9.17) is 9.47 Å². The van der Waals surface area contributed by atoms with Crippen molar-refractivity contribution in [2.24, 2.45) is 7.05 Å². The number of aromatic nitrogens is 1. The zero-order valence-corrected chi connectivity index (χ0v) is 13.8. The lowest BCUT2D eigenvalue weighted by molar-refractivity contribution is -0.124. The molecule has 0 aliphatic heterocycles. The molecule has 0 aliphatic rings. The van der Waals surface area contributed by atoms with E-state index >= 15 is 0 Å². The van der Waals surface area contributed by atoms with Crippen LogP contribution in [-0.2, 0) is 26.1 Å². The van der Waals surface area contributed by atoms with Crippen molar-refractivity contribution in [2.45, 2.75) is 27.7 Å². The molecule has 0 fully saturated rings. The Morgan fingerprint density at radius 3 is 1.91 bits per heavy atom. The highest BCUT2D eigenvalue weighted by atomic mass is 16.5. The largest absolute Gasteiger partial charge is 0.462 e. The number of anilines is 1. The van der Waals surface area contributed by atoms with Crippen LogP contribution in [0.2, 0.25) is 0 Å². The summed E-state index contributed by atoms with van der Waals surface area (Å²) in [6.45, 7) is 5.80. The number of esters is 2. The Morgan fingerprint density at radius 1 is 1.00 bits per heavy atom. The Hall–Kier alpha value is -2.64. The van der Waals surface area contributed by atoms with Crippen molar-refractivity contribution in [3.63, 3.8) is 0 Å². The summed E-state index contributed by atoms with van der Waals surface area (Å²) in [6, 6.07) is 0. The first-order valence-corrected chi connectivity index (χ1v) is 7.10. The molecule has 0 spiro atoms. The highest BCUT2D eigenvalue weighted by Gasteiger charge is 2.33. The zero-order chi connectivity index (χ0) is 17.7. The molecule has 0 aromatic carbocycles. The lowest BCUT2D eigenvalue weighted by Crippen LogP contribution is -2.35. The highest BCUT2D eigenvalue weighted by Crippen LogP contribution is 2.29. The molecule has 1 aromatic rings. The summed E-state index contributed by atoms with van der Waals surface area (Å²) < 4.78 is 11.2. The van der Waals surface area contributed by atoms with Gasteiger partial charge in [-0.1, -0.05) is 0 Å². The summed E-state index contributed by atoms with van der Waals surface area (Å²) in [5, 5.41) is 0. The summed E-state index contributed by atoms with van der Waals surface area (Å²) in [6.07, 6.45) is 1.33. The Kier molecular flexibility index (Phi) is 6.06. The predicted octanol–water partition coefficient (Wildman–Crippen LogP) is 1.28. The number of nitrogens with zero attached hydrogens (tertiary/aromatic N) is 2. The minimum atomic E-state index is -0.743. The number of carbonyl (C=O) groups is 4. The first-order valence-electron chi connectivity index (χ1n) is 7.10. The Morgan fingerprint density at radius 2 is 1.48 bits per heavy atom. The molecule has 0 atom stereocenters. The van der Waals surface area contributed by atoms with Crippen molar-refractivity contribution in [2.75, 3.05) is 18.1 Å². The molecule has 2 amide bonds. The molecule has 0 radical (unpaired) electrons. The van der Waals surface area contributed by atoms with Gasteiger partial charge >= 0.3 is 11.9 Å². The topological polar surface area (TPSA) is 94.9 Å². The zero-order valence-electron chi connectivity index (χ0n) is 13.8. The maximum Gasteiger partial charge on any atom is 0.357 e. The minimum absolute atomic E-state index is 0.0530. The van der Waals surface area contributed by atoms with Gasteiger partial charge in [-0.2, -0.15) is 0 Å². The molecule has 126 valence electrons. The van der Waals surface area contributed by atoms with E-state index in [-0.39, 0.29) is 30.2 Å². The van der Waals surface area contributed by atoms with Crippen LogP contribution in [0, 0.1) is 0 Å². The van der Waals surface area contributed by atoms with Crippen molar-refractivity contribution in [3.05, 3.63) is 17.5 Å². The first-order chi connectivity index (χ1) is 10.8. The average molecular weight is 324 g/mol. The van der Waals surface area contributed by atoms with Crippen LogP contribution in [0.1, 0.15) is 48.5 Å². The van der Waals surface area contributed by atoms with Gasteiger partial charge in [0.25, 0.3) is 0 Å². The van der Waals surface area contributed by atoms with Gasteiger partial charge in [-0.25, -0.2) is 14.5 Å². The van der Waals surface area contributed by atoms with Gasteiger partial charge in [-0.05, 0) is 13.8 Å². The lowest BCUT2D eigenvalue weighted by atomic mass is 10.2. The van der Waals surface area contributed by atoms with Gasteiger partial charge in [-0.3, -0.25) is 9.59 Å². The second kappa shape index (κ2) is 7.57. The molecular weight excluding hydrogens is 304 g/mol. The number of hydrogen-bond acceptors (Lipinski definition) is 6. The van der Waals surface area contributed by atoms with Gasteiger partial charge in [0.1, 0.15) is 5.56 Å². The van der Waals surface area contributed by atoms with Crippen LogP contribution in [0.25, 0.3) is 0 Å². The number of amides is 2. The monoisotopic (exact) mass is 324 g/mol. The molecule has 1 rings (SSSR count). The molecule has 0 saturated heterocycles. The van der Waals surface area contributed by atoms with E-state index < -0.39 is 23.8 Å². The fourth-order valence-corrected chi connectivity index (χ4v) is 2.18. The van der Waals surface area contributed by atoms with E-state index in [0.29, 0.717) is 0 Å². The van der Waals surface area contributed by atoms with Crippen molar-refractivity contribution in [1.29, 1.82) is 0 Å². The molecule has 0 N–H and O–H groups in total. The summed E-state index contributed by atoms with van der Waals surface area (Å²) >= 11 is 0. The molecule has 0 bridgehead atoms. The van der Waals surface area contributed by atoms with Crippen molar-refractivity contribution in [1.82, 2.24) is 4.57 Å². The standard InChI is InChI=1S/C15H20N2O6/c1-6-22-14(20)11-8-16(5)13(15(21)23-7-2)12(11)17(9(3)18)10(4)19/h8H,6-7H2,1-5H3. The molecule has 0 unspecified atom stereocenters. The van der Waals surface area contributed by atoms with Crippen molar-refractivity contribution >= 4 is 29.4 Å². The first kappa shape index (κ1) is 18.4. The second-order valence-corrected chi connectivity index (χ2v) is 4.67. The number of hydrogen-bond donors (Lipinski definition) is 0. The maximum atomic E-state index is 12.2. The van der Waals surface area contributed by atoms with Crippen LogP contribution in [0.5, 0.6) is 0 Å². The average Bonchev–Trinajstić information content (AvgIpc) is 2.76. The number of imide groups is 1. The van der Waals surface area contributed by atoms with Gasteiger partial charge in [0, 0.05) is 27.1 Å². The van der Waals surface area contributed by atoms with E-state index in [0.717, 1.165) is 18.7 Å². The minimum Gasteiger partial charge on any atom is -0.462 e. The Bertz CT molecular complexity index is 633. The number of ether oxygens (including phenoxy) is 2. The Labute approximate surface area is 133 Å². The third-order valence-electron chi connectivity index (χ3n) is 2.97. The molecular formula is C15H20N2O6. The number of aryl methyl sites for hydroxylation is 1. The van der Waals surface area contributed by atoms with Gasteiger partial charge in [0.2, 0.25) is 11.8 Å². The third-order valence-corrected chi connectivity index (χ3v) is 2.97. The smallest absolute Gasteiger partial charge is 0.357 e. The van der Waals surface area contributed by atoms with Crippen LogP contribution in [0.4, 0.5) is 5.69 Å². The molecule has 0 aliphatic carbocycles. The quantitative estimate of drug-likeness (QED) is 0.757. The Balaban J connectivity index is 3.64. The van der Waals surface area contributed by atoms with Crippen LogP contribution < -0.4 is 4.90 Å². The molecule has 1 heterocycles. The SMILES string of the molecule is CCOC(=O)c1cn(C)c(C(=O)OCC)c1N(C(C)=O)C(C)=O. The van der Waals surface area contributed by atoms with Crippen LogP contribution in [-0.4, -0.2) is 41.5 Å². The van der Waals surface area contributed by atoms with Crippen LogP contribution >= 0.6 is 0 Å². The number of rotatable bonds is 5. The van der Waals surface area contributed by atoms with Crippen molar-refractivity contribution in [3.8, 4) is 0 Å². The van der Waals surface area contributed by atoms with Crippen LogP contribution in [0.15, 0.2) is 6.20 Å². The maximum absolute atomic E-state index is 12.2. The van der Waals surface area contributed by atoms with Gasteiger partial charge in [0.05, 0.1) is 18.9 Å². The van der Waals surface area contributed by atoms with E-state index in [1.165, 1.54) is 17.8 Å². The second-order valence-electron chi connectivity index (χ2n) is 4.67. The summed E-state index contributed by atoms with van der Waals surface area (Å²) in [4.78, 5) is 48.8. The summed E-state index contributed by atoms with van der Waals surface area (Å²) in [5.41, 5.74) is -0.243. The molecule has 23 heavy (non-hydrogen) atoms. The fourth-order valence-electron chi connectivity index (χ4n) is 2.18. The van der Waals surface area contributed by atoms with Crippen LogP contribution in [0.3, 0.4) is 0 Å². The molecule has 8 nitrogen and oxygen atoms in total. The lowest BCUT2D eigenvalue weighted by Gasteiger charge is -2.19. The number of carbonyl (C=O) groups excluding carboxylic acids is 4. The molecule has 0 saturated carbocycles.